The van der Waals surface area contributed by atoms with Crippen LogP contribution in [0, 0.1) is 11.6 Å². The predicted octanol–water partition coefficient (Wildman–Crippen LogP) is 5.97. The Hall–Kier alpha value is -3.62. The van der Waals surface area contributed by atoms with Crippen molar-refractivity contribution in [2.45, 2.75) is 0 Å². The van der Waals surface area contributed by atoms with Gasteiger partial charge in [0.05, 0.1) is 21.4 Å². The molecule has 0 atom stereocenters. The van der Waals surface area contributed by atoms with Crippen molar-refractivity contribution in [2.75, 3.05) is 0 Å². The van der Waals surface area contributed by atoms with E-state index in [0.717, 1.165) is 0 Å². The van der Waals surface area contributed by atoms with Crippen LogP contribution in [0.5, 0.6) is 0 Å². The van der Waals surface area contributed by atoms with Gasteiger partial charge in [0.25, 0.3) is 0 Å². The quantitative estimate of drug-likeness (QED) is 0.352. The van der Waals surface area contributed by atoms with E-state index in [4.69, 9.17) is 28.2 Å². The molecular formula is C22H12Cl2F2N6. The topological polar surface area (TPSA) is 72.3 Å². The summed E-state index contributed by atoms with van der Waals surface area (Å²) in [6, 6.07) is 18.1. The van der Waals surface area contributed by atoms with Crippen LogP contribution in [0.2, 0.25) is 10.0 Å². The fraction of sp³-hybridized carbons (Fsp3) is 0. The molecule has 5 aromatic rings. The first-order valence-electron chi connectivity index (χ1n) is 9.36. The number of nitrogens with zero attached hydrogens (tertiary/aromatic N) is 5. The summed E-state index contributed by atoms with van der Waals surface area (Å²) in [6.45, 7) is 0. The zero-order chi connectivity index (χ0) is 22.2. The standard InChI is InChI=1S/C22H12Cl2F2N6/c23-14-7-4-8-17(18(14)26)32-20(13-9-10-16(25)15(24)11-13)19(21-28-30-31-29-21)27-22(32)12-5-2-1-3-6-12/h1-11H,(H,28,29,30,31). The van der Waals surface area contributed by atoms with Gasteiger partial charge in [-0.25, -0.2) is 13.8 Å². The molecule has 2 aromatic heterocycles. The Labute approximate surface area is 190 Å². The van der Waals surface area contributed by atoms with Crippen LogP contribution in [0.25, 0.3) is 39.9 Å². The zero-order valence-corrected chi connectivity index (χ0v) is 17.6. The lowest BCUT2D eigenvalue weighted by molar-refractivity contribution is 0.619. The number of hydrogen-bond donors (Lipinski definition) is 1. The van der Waals surface area contributed by atoms with Crippen molar-refractivity contribution in [2.24, 2.45) is 0 Å². The van der Waals surface area contributed by atoms with Crippen molar-refractivity contribution in [1.82, 2.24) is 30.2 Å². The fourth-order valence-electron chi connectivity index (χ4n) is 3.43. The Balaban J connectivity index is 1.93. The molecule has 0 saturated heterocycles. The predicted molar refractivity (Wildman–Crippen MR) is 118 cm³/mol. The maximum Gasteiger partial charge on any atom is 0.225 e. The highest BCUT2D eigenvalue weighted by atomic mass is 35.5. The van der Waals surface area contributed by atoms with Crippen molar-refractivity contribution in [3.63, 3.8) is 0 Å². The van der Waals surface area contributed by atoms with E-state index in [-0.39, 0.29) is 21.6 Å². The molecule has 0 bridgehead atoms. The smallest absolute Gasteiger partial charge is 0.225 e. The number of imidazole rings is 1. The van der Waals surface area contributed by atoms with Gasteiger partial charge in [-0.1, -0.05) is 59.6 Å². The second-order valence-electron chi connectivity index (χ2n) is 6.77. The van der Waals surface area contributed by atoms with Crippen LogP contribution in [0.1, 0.15) is 0 Å². The maximum absolute atomic E-state index is 15.3. The van der Waals surface area contributed by atoms with Crippen LogP contribution >= 0.6 is 23.2 Å². The molecule has 6 nitrogen and oxygen atoms in total. The third kappa shape index (κ3) is 3.43. The number of tetrazole rings is 1. The van der Waals surface area contributed by atoms with Crippen molar-refractivity contribution in [3.05, 3.63) is 88.4 Å². The molecule has 158 valence electrons. The monoisotopic (exact) mass is 468 g/mol. The maximum atomic E-state index is 15.3. The summed E-state index contributed by atoms with van der Waals surface area (Å²) in [5.74, 6) is -0.640. The van der Waals surface area contributed by atoms with Gasteiger partial charge >= 0.3 is 0 Å². The lowest BCUT2D eigenvalue weighted by atomic mass is 10.1. The highest BCUT2D eigenvalue weighted by Crippen LogP contribution is 2.39. The van der Waals surface area contributed by atoms with Crippen molar-refractivity contribution >= 4 is 23.2 Å². The molecule has 3 aromatic carbocycles. The van der Waals surface area contributed by atoms with Gasteiger partial charge in [-0.05, 0) is 35.5 Å². The third-order valence-electron chi connectivity index (χ3n) is 4.83. The summed E-state index contributed by atoms with van der Waals surface area (Å²) in [5, 5.41) is 13.9. The van der Waals surface area contributed by atoms with E-state index in [1.54, 1.807) is 16.7 Å². The van der Waals surface area contributed by atoms with Gasteiger partial charge in [-0.3, -0.25) is 4.57 Å². The van der Waals surface area contributed by atoms with Gasteiger partial charge in [0.1, 0.15) is 17.3 Å². The van der Waals surface area contributed by atoms with Crippen molar-refractivity contribution in [3.8, 4) is 39.9 Å². The SMILES string of the molecule is Fc1ccc(-c2c(-c3nn[nH]n3)nc(-c3ccccc3)n2-c2cccc(Cl)c2F)cc1Cl. The molecule has 0 spiro atoms. The van der Waals surface area contributed by atoms with E-state index >= 15 is 4.39 Å². The van der Waals surface area contributed by atoms with Gasteiger partial charge in [-0.2, -0.15) is 5.21 Å². The fourth-order valence-corrected chi connectivity index (χ4v) is 3.78. The van der Waals surface area contributed by atoms with Crippen molar-refractivity contribution in [1.29, 1.82) is 0 Å². The minimum absolute atomic E-state index is 0.0561. The molecule has 1 N–H and O–H groups in total. The normalized spacial score (nSPS) is 11.1. The zero-order valence-electron chi connectivity index (χ0n) is 16.1. The van der Waals surface area contributed by atoms with Gasteiger partial charge in [-0.15, -0.1) is 10.2 Å². The second kappa shape index (κ2) is 8.14. The molecule has 0 amide bonds. The Morgan fingerprint density at radius 2 is 1.66 bits per heavy atom. The van der Waals surface area contributed by atoms with Crippen LogP contribution in [0.4, 0.5) is 8.78 Å². The second-order valence-corrected chi connectivity index (χ2v) is 7.59. The Kier molecular flexibility index (Phi) is 5.16. The molecule has 0 aliphatic heterocycles. The minimum atomic E-state index is -0.641. The third-order valence-corrected chi connectivity index (χ3v) is 5.41. The largest absolute Gasteiger partial charge is 0.289 e. The molecular weight excluding hydrogens is 457 g/mol. The number of halogens is 4. The number of benzene rings is 3. The van der Waals surface area contributed by atoms with Gasteiger partial charge in [0, 0.05) is 11.1 Å². The van der Waals surface area contributed by atoms with Crippen LogP contribution in [0.15, 0.2) is 66.7 Å². The van der Waals surface area contributed by atoms with Crippen molar-refractivity contribution < 1.29 is 8.78 Å². The summed E-state index contributed by atoms with van der Waals surface area (Å²) in [7, 11) is 0. The molecule has 0 aliphatic carbocycles. The summed E-state index contributed by atoms with van der Waals surface area (Å²) >= 11 is 12.2. The van der Waals surface area contributed by atoms with E-state index in [1.165, 1.54) is 24.3 Å². The molecule has 10 heteroatoms. The summed E-state index contributed by atoms with van der Waals surface area (Å²) < 4.78 is 30.8. The van der Waals surface area contributed by atoms with Crippen LogP contribution in [-0.4, -0.2) is 30.2 Å². The lowest BCUT2D eigenvalue weighted by Crippen LogP contribution is -2.03. The average molecular weight is 469 g/mol. The summed E-state index contributed by atoms with van der Waals surface area (Å²) in [5.41, 5.74) is 2.03. The molecule has 0 fully saturated rings. The van der Waals surface area contributed by atoms with E-state index in [1.807, 2.05) is 30.3 Å². The number of aromatic nitrogens is 6. The number of aromatic amines is 1. The van der Waals surface area contributed by atoms with Gasteiger partial charge < -0.3 is 0 Å². The highest BCUT2D eigenvalue weighted by Gasteiger charge is 2.26. The van der Waals surface area contributed by atoms with E-state index in [9.17, 15) is 4.39 Å². The first kappa shape index (κ1) is 20.3. The van der Waals surface area contributed by atoms with Crippen LogP contribution in [0.3, 0.4) is 0 Å². The minimum Gasteiger partial charge on any atom is -0.289 e. The lowest BCUT2D eigenvalue weighted by Gasteiger charge is -2.15. The first-order valence-corrected chi connectivity index (χ1v) is 10.1. The Bertz CT molecular complexity index is 1420. The Morgan fingerprint density at radius 3 is 2.38 bits per heavy atom. The van der Waals surface area contributed by atoms with Gasteiger partial charge in [0.2, 0.25) is 5.82 Å². The molecule has 2 heterocycles. The molecule has 0 radical (unpaired) electrons. The van der Waals surface area contributed by atoms with E-state index in [0.29, 0.717) is 28.3 Å². The van der Waals surface area contributed by atoms with Gasteiger partial charge in [0.15, 0.2) is 5.82 Å². The van der Waals surface area contributed by atoms with E-state index in [2.05, 4.69) is 20.6 Å². The number of rotatable bonds is 4. The first-order chi connectivity index (χ1) is 15.5. The highest BCUT2D eigenvalue weighted by molar-refractivity contribution is 6.31. The van der Waals surface area contributed by atoms with Crippen LogP contribution < -0.4 is 0 Å². The van der Waals surface area contributed by atoms with E-state index < -0.39 is 11.6 Å². The summed E-state index contributed by atoms with van der Waals surface area (Å²) in [4.78, 5) is 4.73. The molecule has 0 unspecified atom stereocenters. The molecule has 0 saturated carbocycles. The number of H-pyrrole nitrogens is 1. The molecule has 5 rings (SSSR count). The average Bonchev–Trinajstić information content (AvgIpc) is 3.46. The van der Waals surface area contributed by atoms with Crippen LogP contribution in [-0.2, 0) is 0 Å². The Morgan fingerprint density at radius 1 is 0.844 bits per heavy atom. The number of hydrogen-bond acceptors (Lipinski definition) is 4. The molecule has 0 aliphatic rings. The molecule has 32 heavy (non-hydrogen) atoms. The number of nitrogens with one attached hydrogen (secondary N) is 1. The summed E-state index contributed by atoms with van der Waals surface area (Å²) in [6.07, 6.45) is 0.